The van der Waals surface area contributed by atoms with E-state index in [-0.39, 0.29) is 17.9 Å². The summed E-state index contributed by atoms with van der Waals surface area (Å²) in [7, 11) is 0. The van der Waals surface area contributed by atoms with Gasteiger partial charge >= 0.3 is 0 Å². The monoisotopic (exact) mass is 498 g/mol. The number of fused-ring (bicyclic) bond motifs is 3. The average Bonchev–Trinajstić information content (AvgIpc) is 3.15. The Bertz CT molecular complexity index is 1370. The van der Waals surface area contributed by atoms with Gasteiger partial charge in [-0.05, 0) is 66.5 Å². The summed E-state index contributed by atoms with van der Waals surface area (Å²) >= 11 is 0. The highest BCUT2D eigenvalue weighted by Crippen LogP contribution is 2.46. The zero-order chi connectivity index (χ0) is 25.7. The lowest BCUT2D eigenvalue weighted by atomic mass is 9.71. The molecule has 1 saturated carbocycles. The zero-order valence-corrected chi connectivity index (χ0v) is 22.1. The molecular weight excluding hydrogens is 464 g/mol. The number of amides is 1. The number of hydrogen-bond acceptors (Lipinski definition) is 6. The van der Waals surface area contributed by atoms with Crippen molar-refractivity contribution in [3.63, 3.8) is 0 Å². The minimum absolute atomic E-state index is 0.00835. The summed E-state index contributed by atoms with van der Waals surface area (Å²) in [5.74, 6) is 3.23. The predicted molar refractivity (Wildman–Crippen MR) is 145 cm³/mol. The Morgan fingerprint density at radius 3 is 2.84 bits per heavy atom. The lowest BCUT2D eigenvalue weighted by molar-refractivity contribution is -0.118. The molecule has 0 bridgehead atoms. The van der Waals surface area contributed by atoms with E-state index in [2.05, 4.69) is 61.2 Å². The van der Waals surface area contributed by atoms with Gasteiger partial charge in [-0.15, -0.1) is 0 Å². The van der Waals surface area contributed by atoms with E-state index in [0.29, 0.717) is 24.1 Å². The van der Waals surface area contributed by atoms with Gasteiger partial charge in [-0.25, -0.2) is 9.98 Å². The number of pyridine rings is 1. The van der Waals surface area contributed by atoms with Gasteiger partial charge in [-0.1, -0.05) is 32.4 Å². The van der Waals surface area contributed by atoms with Crippen LogP contribution in [0.15, 0.2) is 58.0 Å². The van der Waals surface area contributed by atoms with Gasteiger partial charge < -0.3 is 19.7 Å². The third kappa shape index (κ3) is 4.52. The first-order chi connectivity index (χ1) is 17.8. The van der Waals surface area contributed by atoms with Crippen LogP contribution in [-0.4, -0.2) is 41.8 Å². The normalized spacial score (nSPS) is 22.6. The molecule has 1 N–H and O–H groups in total. The molecule has 7 heteroatoms. The summed E-state index contributed by atoms with van der Waals surface area (Å²) in [5.41, 5.74) is 7.73. The highest BCUT2D eigenvalue weighted by molar-refractivity contribution is 5.94. The van der Waals surface area contributed by atoms with E-state index in [1.54, 1.807) is 6.20 Å². The van der Waals surface area contributed by atoms with Crippen LogP contribution in [0.25, 0.3) is 11.1 Å². The van der Waals surface area contributed by atoms with Gasteiger partial charge in [0.15, 0.2) is 18.2 Å². The lowest BCUT2D eigenvalue weighted by Crippen LogP contribution is -2.28. The minimum atomic E-state index is -0.185. The topological polar surface area (TPSA) is 76.1 Å². The first-order valence-corrected chi connectivity index (χ1v) is 13.2. The van der Waals surface area contributed by atoms with Gasteiger partial charge in [0.05, 0.1) is 6.54 Å². The summed E-state index contributed by atoms with van der Waals surface area (Å²) in [4.78, 5) is 23.5. The molecule has 1 atom stereocenters. The van der Waals surface area contributed by atoms with Crippen molar-refractivity contribution in [2.24, 2.45) is 16.3 Å². The highest BCUT2D eigenvalue weighted by atomic mass is 16.5. The summed E-state index contributed by atoms with van der Waals surface area (Å²) in [6.45, 7) is 11.4. The van der Waals surface area contributed by atoms with Crippen molar-refractivity contribution in [1.29, 1.82) is 0 Å². The fraction of sp³-hybridized carbons (Fsp3) is 0.433. The van der Waals surface area contributed by atoms with E-state index >= 15 is 0 Å². The van der Waals surface area contributed by atoms with E-state index in [4.69, 9.17) is 14.5 Å². The average molecular weight is 499 g/mol. The number of allylic oxidation sites excluding steroid dienone is 3. The maximum atomic E-state index is 11.6. The molecule has 4 aliphatic rings. The Morgan fingerprint density at radius 2 is 1.97 bits per heavy atom. The zero-order valence-electron chi connectivity index (χ0n) is 22.1. The first kappa shape index (κ1) is 23.8. The van der Waals surface area contributed by atoms with Crippen LogP contribution < -0.4 is 14.8 Å². The number of rotatable bonds is 2. The molecule has 1 unspecified atom stereocenters. The van der Waals surface area contributed by atoms with Crippen molar-refractivity contribution in [1.82, 2.24) is 9.88 Å². The smallest absolute Gasteiger partial charge is 0.263 e. The Balaban J connectivity index is 1.36. The molecule has 37 heavy (non-hydrogen) atoms. The van der Waals surface area contributed by atoms with Crippen molar-refractivity contribution >= 4 is 17.9 Å². The molecule has 1 fully saturated rings. The van der Waals surface area contributed by atoms with Crippen molar-refractivity contribution in [2.45, 2.75) is 53.5 Å². The second-order valence-electron chi connectivity index (χ2n) is 11.4. The molecule has 1 aromatic heterocycles. The number of aliphatic imine (C=N–C) groups is 1. The third-order valence-corrected chi connectivity index (χ3v) is 8.06. The van der Waals surface area contributed by atoms with Crippen LogP contribution in [0.4, 0.5) is 5.82 Å². The number of carbonyl (C=O) groups excluding carboxylic acids is 1. The van der Waals surface area contributed by atoms with Crippen molar-refractivity contribution < 1.29 is 14.3 Å². The highest BCUT2D eigenvalue weighted by Gasteiger charge is 2.34. The Kier molecular flexibility index (Phi) is 5.81. The third-order valence-electron chi connectivity index (χ3n) is 8.06. The molecule has 1 aliphatic carbocycles. The Morgan fingerprint density at radius 1 is 1.11 bits per heavy atom. The number of benzene rings is 1. The number of hydrogen-bond donors (Lipinski definition) is 1. The van der Waals surface area contributed by atoms with Gasteiger partial charge in [-0.3, -0.25) is 4.79 Å². The van der Waals surface area contributed by atoms with E-state index in [9.17, 15) is 4.79 Å². The van der Waals surface area contributed by atoms with E-state index in [1.807, 2.05) is 12.1 Å². The van der Waals surface area contributed by atoms with Crippen LogP contribution >= 0.6 is 0 Å². The second kappa shape index (κ2) is 9.05. The van der Waals surface area contributed by atoms with Crippen LogP contribution in [0.5, 0.6) is 11.5 Å². The summed E-state index contributed by atoms with van der Waals surface area (Å²) in [5, 5.41) is 2.75. The van der Waals surface area contributed by atoms with Crippen LogP contribution in [-0.2, 0) is 11.3 Å². The van der Waals surface area contributed by atoms with Gasteiger partial charge in [0.2, 0.25) is 0 Å². The molecule has 2 aromatic rings. The SMILES string of the molecule is CC1=C2CCC(C)(C)CC2=C(N2CCOc3ccc(-c4cnc5c(c4)OCC(=O)N5)cc3C2)N=CC1C. The summed E-state index contributed by atoms with van der Waals surface area (Å²) in [6, 6.07) is 8.22. The molecule has 6 rings (SSSR count). The van der Waals surface area contributed by atoms with Crippen molar-refractivity contribution in [3.8, 4) is 22.6 Å². The number of carbonyl (C=O) groups is 1. The standard InChI is InChI=1S/C30H34N4O3/c1-18-14-32-29(24-13-30(3,4)8-7-23(24)19(18)2)34-9-10-36-25-6-5-20(11-22(25)16-34)21-12-26-28(31-15-21)33-27(35)17-37-26/h5-6,11-12,14-15,18H,7-10,13,16-17H2,1-4H3,(H,31,33,35). The number of aromatic nitrogens is 1. The van der Waals surface area contributed by atoms with E-state index < -0.39 is 0 Å². The van der Waals surface area contributed by atoms with Gasteiger partial charge in [0, 0.05) is 36.0 Å². The molecule has 0 saturated heterocycles. The maximum Gasteiger partial charge on any atom is 0.263 e. The summed E-state index contributed by atoms with van der Waals surface area (Å²) in [6.07, 6.45) is 7.26. The number of nitrogens with one attached hydrogen (secondary N) is 1. The van der Waals surface area contributed by atoms with Crippen molar-refractivity contribution in [2.75, 3.05) is 25.1 Å². The second-order valence-corrected chi connectivity index (χ2v) is 11.4. The summed E-state index contributed by atoms with van der Waals surface area (Å²) < 4.78 is 11.8. The molecule has 192 valence electrons. The largest absolute Gasteiger partial charge is 0.491 e. The number of anilines is 1. The first-order valence-electron chi connectivity index (χ1n) is 13.2. The van der Waals surface area contributed by atoms with Crippen molar-refractivity contribution in [3.05, 3.63) is 58.6 Å². The fourth-order valence-electron chi connectivity index (χ4n) is 5.73. The van der Waals surface area contributed by atoms with Crippen LogP contribution in [0.3, 0.4) is 0 Å². The van der Waals surface area contributed by atoms with Gasteiger partial charge in [-0.2, -0.15) is 0 Å². The maximum absolute atomic E-state index is 11.6. The van der Waals surface area contributed by atoms with Crippen LogP contribution in [0.2, 0.25) is 0 Å². The number of nitrogens with zero attached hydrogens (tertiary/aromatic N) is 3. The number of ether oxygens (including phenoxy) is 2. The quantitative estimate of drug-likeness (QED) is 0.572. The molecule has 7 nitrogen and oxygen atoms in total. The van der Waals surface area contributed by atoms with Gasteiger partial charge in [0.1, 0.15) is 18.2 Å². The van der Waals surface area contributed by atoms with E-state index in [0.717, 1.165) is 54.2 Å². The predicted octanol–water partition coefficient (Wildman–Crippen LogP) is 5.73. The Hall–Kier alpha value is -3.61. The molecular formula is C30H34N4O3. The van der Waals surface area contributed by atoms with E-state index in [1.165, 1.54) is 23.1 Å². The molecule has 1 aromatic carbocycles. The van der Waals surface area contributed by atoms with Crippen LogP contribution in [0.1, 0.15) is 52.5 Å². The van der Waals surface area contributed by atoms with Crippen LogP contribution in [0, 0.1) is 11.3 Å². The molecule has 0 spiro atoms. The van der Waals surface area contributed by atoms with Gasteiger partial charge in [0.25, 0.3) is 5.91 Å². The minimum Gasteiger partial charge on any atom is -0.491 e. The molecule has 4 heterocycles. The molecule has 3 aliphatic heterocycles. The fourth-order valence-corrected chi connectivity index (χ4v) is 5.73. The Labute approximate surface area is 218 Å². The molecule has 1 amide bonds. The lowest BCUT2D eigenvalue weighted by Gasteiger charge is -2.36. The molecule has 0 radical (unpaired) electrons.